The Bertz CT molecular complexity index is 501. The molecule has 1 rings (SSSR count). The van der Waals surface area contributed by atoms with Crippen LogP contribution in [0.5, 0.6) is 5.88 Å². The van der Waals surface area contributed by atoms with E-state index in [2.05, 4.69) is 31.1 Å². The Morgan fingerprint density at radius 3 is 2.68 bits per heavy atom. The number of hydrogen-bond donors (Lipinski definition) is 1. The Morgan fingerprint density at radius 1 is 1.41 bits per heavy atom. The Hall–Kier alpha value is -1.34. The summed E-state index contributed by atoms with van der Waals surface area (Å²) in [5.74, 6) is 0.382. The minimum Gasteiger partial charge on any atom is -0.476 e. The van der Waals surface area contributed by atoms with E-state index in [0.29, 0.717) is 18.2 Å². The molecule has 0 fully saturated rings. The van der Waals surface area contributed by atoms with E-state index in [1.165, 1.54) is 0 Å². The van der Waals surface area contributed by atoms with Crippen molar-refractivity contribution in [1.29, 1.82) is 0 Å². The lowest BCUT2D eigenvalue weighted by Gasteiger charge is -2.20. The first kappa shape index (κ1) is 18.7. The molecule has 0 saturated carbocycles. The fourth-order valence-electron chi connectivity index (χ4n) is 1.59. The Balaban J connectivity index is 2.68. The van der Waals surface area contributed by atoms with Crippen LogP contribution < -0.4 is 10.1 Å². The zero-order chi connectivity index (χ0) is 16.8. The van der Waals surface area contributed by atoms with Crippen molar-refractivity contribution in [3.63, 3.8) is 0 Å². The van der Waals surface area contributed by atoms with Crippen LogP contribution in [-0.2, 0) is 4.74 Å². The summed E-state index contributed by atoms with van der Waals surface area (Å²) in [5, 5.41) is 2.67. The Labute approximate surface area is 140 Å². The normalized spacial score (nSPS) is 11.4. The van der Waals surface area contributed by atoms with Crippen molar-refractivity contribution in [2.45, 2.75) is 32.8 Å². The highest BCUT2D eigenvalue weighted by molar-refractivity contribution is 9.10. The molecule has 0 aliphatic heterocycles. The summed E-state index contributed by atoms with van der Waals surface area (Å²) >= 11 is 3.33. The maximum Gasteiger partial charge on any atom is 0.412 e. The summed E-state index contributed by atoms with van der Waals surface area (Å²) in [6, 6.07) is 1.73. The van der Waals surface area contributed by atoms with Crippen molar-refractivity contribution < 1.29 is 14.3 Å². The fourth-order valence-corrected chi connectivity index (χ4v) is 1.93. The summed E-state index contributed by atoms with van der Waals surface area (Å²) in [6.45, 7) is 6.88. The van der Waals surface area contributed by atoms with Gasteiger partial charge in [-0.15, -0.1) is 0 Å². The third kappa shape index (κ3) is 7.61. The fraction of sp³-hybridized carbons (Fsp3) is 0.600. The minimum absolute atomic E-state index is 0.382. The van der Waals surface area contributed by atoms with Gasteiger partial charge in [-0.3, -0.25) is 5.32 Å². The van der Waals surface area contributed by atoms with Gasteiger partial charge in [0.05, 0.1) is 6.61 Å². The first-order valence-electron chi connectivity index (χ1n) is 7.10. The van der Waals surface area contributed by atoms with Crippen molar-refractivity contribution in [1.82, 2.24) is 9.88 Å². The monoisotopic (exact) mass is 373 g/mol. The predicted octanol–water partition coefficient (Wildman–Crippen LogP) is 3.52. The number of anilines is 1. The summed E-state index contributed by atoms with van der Waals surface area (Å²) in [5.41, 5.74) is -0.0792. The number of rotatable bonds is 6. The molecule has 1 amide bonds. The van der Waals surface area contributed by atoms with Gasteiger partial charge >= 0.3 is 6.09 Å². The summed E-state index contributed by atoms with van der Waals surface area (Å²) in [6.07, 6.45) is 1.96. The van der Waals surface area contributed by atoms with E-state index in [1.54, 1.807) is 12.3 Å². The average molecular weight is 374 g/mol. The molecule has 124 valence electrons. The van der Waals surface area contributed by atoms with Gasteiger partial charge in [-0.1, -0.05) is 0 Å². The van der Waals surface area contributed by atoms with E-state index in [4.69, 9.17) is 9.47 Å². The van der Waals surface area contributed by atoms with Crippen LogP contribution in [0.15, 0.2) is 16.7 Å². The summed E-state index contributed by atoms with van der Waals surface area (Å²) in [7, 11) is 4.01. The minimum atomic E-state index is -0.559. The van der Waals surface area contributed by atoms with Gasteiger partial charge in [0.25, 0.3) is 0 Å². The van der Waals surface area contributed by atoms with Gasteiger partial charge in [-0.25, -0.2) is 9.78 Å². The third-order valence-corrected chi connectivity index (χ3v) is 2.88. The molecule has 1 aromatic heterocycles. The second kappa shape index (κ2) is 8.33. The van der Waals surface area contributed by atoms with E-state index in [-0.39, 0.29) is 0 Å². The second-order valence-corrected chi connectivity index (χ2v) is 7.05. The highest BCUT2D eigenvalue weighted by Crippen LogP contribution is 2.26. The van der Waals surface area contributed by atoms with Crippen molar-refractivity contribution >= 4 is 27.7 Å². The molecule has 0 atom stereocenters. The van der Waals surface area contributed by atoms with Crippen LogP contribution in [0.2, 0.25) is 0 Å². The largest absolute Gasteiger partial charge is 0.476 e. The molecular weight excluding hydrogens is 350 g/mol. The van der Waals surface area contributed by atoms with Crippen LogP contribution in [0.3, 0.4) is 0 Å². The number of carbonyl (C=O) groups excluding carboxylic acids is 1. The number of aromatic nitrogens is 1. The van der Waals surface area contributed by atoms with E-state index in [9.17, 15) is 4.79 Å². The Morgan fingerprint density at radius 2 is 2.09 bits per heavy atom. The number of halogens is 1. The lowest BCUT2D eigenvalue weighted by Crippen LogP contribution is -2.27. The Kier molecular flexibility index (Phi) is 7.09. The number of nitrogens with zero attached hydrogens (tertiary/aromatic N) is 2. The quantitative estimate of drug-likeness (QED) is 0.772. The van der Waals surface area contributed by atoms with E-state index >= 15 is 0 Å². The first-order valence-corrected chi connectivity index (χ1v) is 7.90. The molecule has 0 radical (unpaired) electrons. The SMILES string of the molecule is CN(C)CCCOc1ncc(Br)cc1NC(=O)OC(C)(C)C. The van der Waals surface area contributed by atoms with Crippen LogP contribution >= 0.6 is 15.9 Å². The molecule has 0 aliphatic rings. The van der Waals surface area contributed by atoms with Gasteiger partial charge < -0.3 is 14.4 Å². The summed E-state index contributed by atoms with van der Waals surface area (Å²) in [4.78, 5) is 18.1. The van der Waals surface area contributed by atoms with Gasteiger partial charge in [-0.05, 0) is 63.3 Å². The van der Waals surface area contributed by atoms with Gasteiger partial charge in [0.1, 0.15) is 11.3 Å². The van der Waals surface area contributed by atoms with Crippen molar-refractivity contribution in [3.05, 3.63) is 16.7 Å². The smallest absolute Gasteiger partial charge is 0.412 e. The number of nitrogens with one attached hydrogen (secondary N) is 1. The molecule has 1 N–H and O–H groups in total. The molecule has 1 heterocycles. The molecule has 0 saturated heterocycles. The molecule has 6 nitrogen and oxygen atoms in total. The second-order valence-electron chi connectivity index (χ2n) is 6.14. The van der Waals surface area contributed by atoms with Crippen LogP contribution in [0.25, 0.3) is 0 Å². The van der Waals surface area contributed by atoms with Crippen LogP contribution in [-0.4, -0.2) is 48.8 Å². The predicted molar refractivity (Wildman–Crippen MR) is 90.5 cm³/mol. The van der Waals surface area contributed by atoms with Gasteiger partial charge in [0, 0.05) is 17.2 Å². The van der Waals surface area contributed by atoms with E-state index in [1.807, 2.05) is 34.9 Å². The highest BCUT2D eigenvalue weighted by atomic mass is 79.9. The first-order chi connectivity index (χ1) is 10.2. The average Bonchev–Trinajstić information content (AvgIpc) is 2.34. The number of amides is 1. The maximum absolute atomic E-state index is 11.9. The molecule has 0 aromatic carbocycles. The number of ether oxygens (including phenoxy) is 2. The molecule has 0 bridgehead atoms. The van der Waals surface area contributed by atoms with Crippen LogP contribution in [0.4, 0.5) is 10.5 Å². The lowest BCUT2D eigenvalue weighted by atomic mass is 10.2. The zero-order valence-corrected chi connectivity index (χ0v) is 15.4. The molecule has 1 aromatic rings. The molecule has 22 heavy (non-hydrogen) atoms. The van der Waals surface area contributed by atoms with Gasteiger partial charge in [-0.2, -0.15) is 0 Å². The maximum atomic E-state index is 11.9. The van der Waals surface area contributed by atoms with Crippen molar-refractivity contribution in [2.75, 3.05) is 32.6 Å². The van der Waals surface area contributed by atoms with Gasteiger partial charge in [0.2, 0.25) is 5.88 Å². The molecule has 7 heteroatoms. The lowest BCUT2D eigenvalue weighted by molar-refractivity contribution is 0.0635. The zero-order valence-electron chi connectivity index (χ0n) is 13.8. The van der Waals surface area contributed by atoms with Crippen molar-refractivity contribution in [2.24, 2.45) is 0 Å². The number of carbonyl (C=O) groups is 1. The molecule has 0 spiro atoms. The molecule has 0 unspecified atom stereocenters. The molecular formula is C15H24BrN3O3. The van der Waals surface area contributed by atoms with E-state index in [0.717, 1.165) is 17.4 Å². The number of pyridine rings is 1. The molecule has 0 aliphatic carbocycles. The van der Waals surface area contributed by atoms with Crippen molar-refractivity contribution in [3.8, 4) is 5.88 Å². The standard InChI is InChI=1S/C15H24BrN3O3/c1-15(2,3)22-14(20)18-12-9-11(16)10-17-13(12)21-8-6-7-19(4)5/h9-10H,6-8H2,1-5H3,(H,18,20). The van der Waals surface area contributed by atoms with Crippen LogP contribution in [0, 0.1) is 0 Å². The van der Waals surface area contributed by atoms with E-state index < -0.39 is 11.7 Å². The number of hydrogen-bond acceptors (Lipinski definition) is 5. The highest BCUT2D eigenvalue weighted by Gasteiger charge is 2.18. The van der Waals surface area contributed by atoms with Crippen LogP contribution in [0.1, 0.15) is 27.2 Å². The van der Waals surface area contributed by atoms with Gasteiger partial charge in [0.15, 0.2) is 0 Å². The topological polar surface area (TPSA) is 63.7 Å². The summed E-state index contributed by atoms with van der Waals surface area (Å²) < 4.78 is 11.6. The third-order valence-electron chi connectivity index (χ3n) is 2.44.